The van der Waals surface area contributed by atoms with Gasteiger partial charge in [-0.2, -0.15) is 0 Å². The van der Waals surface area contributed by atoms with Crippen LogP contribution in [0, 0.1) is 6.92 Å². The SMILES string of the molecule is C1=CC2c3c(ccc(-c4ccccc4)c3-c3nc(-c4ccccc4)nc(-c4ccccc4)n3)OC2c2c1n(-c1ccccc1)c1ccccc21.Cc1ccc2c(c1-c1nc(-c3ccccc3)nc(-c3ccccc3)n1)C1C=Cc3c(c4ccccc4n3-c3ccccc3)C1O2. The van der Waals surface area contributed by atoms with E-state index in [9.17, 15) is 0 Å². The third-order valence-electron chi connectivity index (χ3n) is 18.8. The van der Waals surface area contributed by atoms with Crippen LogP contribution >= 0.6 is 0 Å². The molecule has 15 aromatic rings. The molecule has 10 heteroatoms. The lowest BCUT2D eigenvalue weighted by Gasteiger charge is -2.23. The third kappa shape index (κ3) is 9.47. The highest BCUT2D eigenvalue weighted by Gasteiger charge is 2.45. The van der Waals surface area contributed by atoms with Crippen molar-refractivity contribution < 1.29 is 9.47 Å². The first-order valence-corrected chi connectivity index (χ1v) is 32.2. The van der Waals surface area contributed by atoms with Gasteiger partial charge in [-0.05, 0) is 90.4 Å². The molecule has 0 N–H and O–H groups in total. The van der Waals surface area contributed by atoms with Crippen molar-refractivity contribution in [2.45, 2.75) is 31.0 Å². The molecule has 6 heterocycles. The Hall–Kier alpha value is -12.4. The zero-order valence-electron chi connectivity index (χ0n) is 51.6. The predicted octanol–water partition coefficient (Wildman–Crippen LogP) is 20.1. The van der Waals surface area contributed by atoms with E-state index in [0.717, 1.165) is 101 Å². The molecule has 11 aromatic carbocycles. The van der Waals surface area contributed by atoms with Gasteiger partial charge in [0.2, 0.25) is 0 Å². The molecule has 0 amide bonds. The fraction of sp³-hybridized carbons (Fsp3) is 0.0588. The molecule has 0 radical (unpaired) electrons. The fourth-order valence-electron chi connectivity index (χ4n) is 14.6. The van der Waals surface area contributed by atoms with Gasteiger partial charge in [0.15, 0.2) is 34.9 Å². The van der Waals surface area contributed by atoms with Crippen molar-refractivity contribution >= 4 is 34.0 Å². The Balaban J connectivity index is 0.000000140. The van der Waals surface area contributed by atoms with Crippen LogP contribution in [0.1, 0.15) is 63.2 Å². The second-order valence-corrected chi connectivity index (χ2v) is 24.3. The maximum Gasteiger partial charge on any atom is 0.165 e. The minimum absolute atomic E-state index is 0.00884. The van der Waals surface area contributed by atoms with Gasteiger partial charge in [0, 0.05) is 89.6 Å². The van der Waals surface area contributed by atoms with Gasteiger partial charge in [-0.15, -0.1) is 0 Å². The Morgan fingerprint density at radius 1 is 0.295 bits per heavy atom. The summed E-state index contributed by atoms with van der Waals surface area (Å²) in [5, 5.41) is 2.40. The van der Waals surface area contributed by atoms with E-state index in [1.54, 1.807) is 0 Å². The van der Waals surface area contributed by atoms with Crippen LogP contribution in [0.4, 0.5) is 0 Å². The molecule has 19 rings (SSSR count). The summed E-state index contributed by atoms with van der Waals surface area (Å²) in [5.41, 5.74) is 20.6. The van der Waals surface area contributed by atoms with Crippen molar-refractivity contribution in [1.82, 2.24) is 39.0 Å². The summed E-state index contributed by atoms with van der Waals surface area (Å²) in [4.78, 5) is 30.6. The highest BCUT2D eigenvalue weighted by molar-refractivity contribution is 5.95. The van der Waals surface area contributed by atoms with Gasteiger partial charge in [0.05, 0.1) is 22.4 Å². The van der Waals surface area contributed by atoms with Crippen molar-refractivity contribution in [2.75, 3.05) is 0 Å². The number of para-hydroxylation sites is 4. The average molecular weight is 1220 g/mol. The molecular formula is C85H58N8O2. The van der Waals surface area contributed by atoms with Crippen LogP contribution in [-0.2, 0) is 0 Å². The number of aromatic nitrogens is 8. The largest absolute Gasteiger partial charge is 0.484 e. The Morgan fingerprint density at radius 2 is 0.621 bits per heavy atom. The van der Waals surface area contributed by atoms with E-state index in [0.29, 0.717) is 34.9 Å². The molecule has 95 heavy (non-hydrogen) atoms. The first-order valence-electron chi connectivity index (χ1n) is 32.2. The molecule has 0 bridgehead atoms. The molecule has 0 spiro atoms. The quantitative estimate of drug-likeness (QED) is 0.141. The molecule has 4 atom stereocenters. The van der Waals surface area contributed by atoms with Crippen molar-refractivity contribution in [2.24, 2.45) is 0 Å². The van der Waals surface area contributed by atoms with Crippen LogP contribution in [0.5, 0.6) is 11.5 Å². The first-order chi connectivity index (χ1) is 47.1. The van der Waals surface area contributed by atoms with E-state index in [4.69, 9.17) is 39.4 Å². The topological polar surface area (TPSA) is 106 Å². The molecule has 2 aliphatic carbocycles. The zero-order valence-corrected chi connectivity index (χ0v) is 51.6. The van der Waals surface area contributed by atoms with E-state index in [1.165, 1.54) is 27.4 Å². The molecule has 0 saturated carbocycles. The lowest BCUT2D eigenvalue weighted by atomic mass is 9.81. The van der Waals surface area contributed by atoms with Crippen molar-refractivity contribution in [1.29, 1.82) is 0 Å². The van der Waals surface area contributed by atoms with E-state index in [2.05, 4.69) is 222 Å². The number of ether oxygens (including phenoxy) is 2. The van der Waals surface area contributed by atoms with Crippen LogP contribution in [0.2, 0.25) is 0 Å². The Bertz CT molecular complexity index is 5390. The van der Waals surface area contributed by atoms with Gasteiger partial charge in [-0.3, -0.25) is 0 Å². The van der Waals surface area contributed by atoms with Crippen LogP contribution < -0.4 is 9.47 Å². The maximum atomic E-state index is 7.04. The number of hydrogen-bond acceptors (Lipinski definition) is 8. The summed E-state index contributed by atoms with van der Waals surface area (Å²) in [6.07, 6.45) is 8.78. The lowest BCUT2D eigenvalue weighted by molar-refractivity contribution is 0.224. The monoisotopic (exact) mass is 1220 g/mol. The summed E-state index contributed by atoms with van der Waals surface area (Å²) < 4.78 is 18.6. The normalized spacial score (nSPS) is 15.9. The van der Waals surface area contributed by atoms with E-state index in [-0.39, 0.29) is 24.0 Å². The summed E-state index contributed by atoms with van der Waals surface area (Å²) in [5.74, 6) is 5.55. The van der Waals surface area contributed by atoms with Gasteiger partial charge < -0.3 is 18.6 Å². The van der Waals surface area contributed by atoms with Gasteiger partial charge in [0.1, 0.15) is 23.7 Å². The predicted molar refractivity (Wildman–Crippen MR) is 379 cm³/mol. The second kappa shape index (κ2) is 23.1. The molecule has 4 unspecified atom stereocenters. The standard InChI is InChI=1S/C45H30N4O.C40H28N4O/c1-5-15-29(16-6-1)33-26-28-38-40(41(33)45-47-43(30-17-7-2-8-18-30)46-44(48-45)31-19-9-3-10-20-31)35-25-27-37-39(42(35)50-38)34-23-13-14-24-36(34)49(37)32-21-11-4-12-22-32;1-25-21-24-33-36(34(25)40-42-38(26-13-5-2-6-14-26)41-39(43-40)27-15-7-3-8-16-27)30-22-23-32-35(37(30)45-33)29-19-11-12-20-31(29)44(32)28-17-9-4-10-18-28/h1-28,35,42H;2-24,30,37H,1H3. The van der Waals surface area contributed by atoms with Crippen LogP contribution in [0.25, 0.3) is 125 Å². The van der Waals surface area contributed by atoms with Crippen molar-refractivity contribution in [3.05, 3.63) is 336 Å². The van der Waals surface area contributed by atoms with E-state index in [1.807, 2.05) is 103 Å². The Morgan fingerprint density at radius 3 is 1.03 bits per heavy atom. The second-order valence-electron chi connectivity index (χ2n) is 24.3. The number of fused-ring (bicyclic) bond motifs is 14. The van der Waals surface area contributed by atoms with Gasteiger partial charge in [-0.1, -0.05) is 243 Å². The summed E-state index contributed by atoms with van der Waals surface area (Å²) in [6.45, 7) is 2.14. The highest BCUT2D eigenvalue weighted by atomic mass is 16.5. The molecule has 10 nitrogen and oxygen atoms in total. The summed E-state index contributed by atoms with van der Waals surface area (Å²) >= 11 is 0. The van der Waals surface area contributed by atoms with Gasteiger partial charge in [0.25, 0.3) is 0 Å². The Labute approximate surface area is 549 Å². The maximum absolute atomic E-state index is 7.04. The first kappa shape index (κ1) is 55.4. The molecule has 0 fully saturated rings. The number of aryl methyl sites for hydroxylation is 1. The van der Waals surface area contributed by atoms with Crippen LogP contribution in [-0.4, -0.2) is 39.0 Å². The van der Waals surface area contributed by atoms with Crippen LogP contribution in [0.3, 0.4) is 0 Å². The molecular weight excluding hydrogens is 1160 g/mol. The van der Waals surface area contributed by atoms with Gasteiger partial charge in [-0.25, -0.2) is 29.9 Å². The van der Waals surface area contributed by atoms with E-state index < -0.39 is 0 Å². The summed E-state index contributed by atoms with van der Waals surface area (Å²) in [7, 11) is 0. The smallest absolute Gasteiger partial charge is 0.165 e. The van der Waals surface area contributed by atoms with Crippen LogP contribution in [0.15, 0.2) is 297 Å². The van der Waals surface area contributed by atoms with Crippen molar-refractivity contribution in [3.8, 4) is 102 Å². The number of rotatable bonds is 9. The molecule has 4 aliphatic rings. The lowest BCUT2D eigenvalue weighted by Crippen LogP contribution is -2.14. The molecule has 4 aromatic heterocycles. The van der Waals surface area contributed by atoms with Crippen molar-refractivity contribution in [3.63, 3.8) is 0 Å². The summed E-state index contributed by atoms with van der Waals surface area (Å²) in [6, 6.07) is 98.0. The average Bonchev–Trinajstić information content (AvgIpc) is 1.57. The molecule has 0 saturated heterocycles. The zero-order chi connectivity index (χ0) is 62.9. The molecule has 450 valence electrons. The number of benzene rings is 11. The molecule has 2 aliphatic heterocycles. The minimum Gasteiger partial charge on any atom is -0.484 e. The van der Waals surface area contributed by atoms with Gasteiger partial charge >= 0.3 is 0 Å². The Kier molecular flexibility index (Phi) is 13.5. The number of nitrogens with zero attached hydrogens (tertiary/aromatic N) is 8. The third-order valence-corrected chi connectivity index (χ3v) is 18.8. The minimum atomic E-state index is -0.214. The fourth-order valence-corrected chi connectivity index (χ4v) is 14.6. The number of hydrogen-bond donors (Lipinski definition) is 0. The highest BCUT2D eigenvalue weighted by Crippen LogP contribution is 2.58. The van der Waals surface area contributed by atoms with E-state index >= 15 is 0 Å².